The molecule has 1 aliphatic heterocycles. The lowest BCUT2D eigenvalue weighted by Crippen LogP contribution is -2.55. The van der Waals surface area contributed by atoms with Crippen molar-refractivity contribution in [1.82, 2.24) is 4.90 Å². The van der Waals surface area contributed by atoms with Crippen LogP contribution in [0, 0.1) is 23.2 Å². The molecule has 7 unspecified atom stereocenters. The first-order valence-electron chi connectivity index (χ1n) is 12.3. The topological polar surface area (TPSA) is 107 Å². The van der Waals surface area contributed by atoms with Crippen molar-refractivity contribution in [1.29, 1.82) is 0 Å². The highest BCUT2D eigenvalue weighted by atomic mass is 16.5. The van der Waals surface area contributed by atoms with Gasteiger partial charge in [-0.1, -0.05) is 13.8 Å². The minimum atomic E-state index is -1.19. The summed E-state index contributed by atoms with van der Waals surface area (Å²) in [5.41, 5.74) is -1.02. The number of aliphatic hydroxyl groups excluding tert-OH is 2. The van der Waals surface area contributed by atoms with Crippen LogP contribution in [0.3, 0.4) is 0 Å². The van der Waals surface area contributed by atoms with Crippen molar-refractivity contribution < 1.29 is 29.6 Å². The molecule has 0 bridgehead atoms. The molecule has 180 valence electrons. The van der Waals surface area contributed by atoms with Crippen LogP contribution in [0.25, 0.3) is 0 Å². The summed E-state index contributed by atoms with van der Waals surface area (Å²) in [4.78, 5) is 28.3. The van der Waals surface area contributed by atoms with E-state index in [1.54, 1.807) is 6.08 Å². The molecule has 1 saturated heterocycles. The van der Waals surface area contributed by atoms with Crippen molar-refractivity contribution in [2.45, 2.75) is 76.6 Å². The van der Waals surface area contributed by atoms with E-state index in [9.17, 15) is 24.9 Å². The lowest BCUT2D eigenvalue weighted by atomic mass is 9.55. The van der Waals surface area contributed by atoms with Crippen molar-refractivity contribution in [3.8, 4) is 0 Å². The van der Waals surface area contributed by atoms with Crippen molar-refractivity contribution in [3.05, 3.63) is 11.6 Å². The third-order valence-corrected chi connectivity index (χ3v) is 8.98. The molecule has 3 N–H and O–H groups in total. The van der Waals surface area contributed by atoms with Crippen molar-refractivity contribution >= 4 is 11.6 Å². The molecule has 4 rings (SSSR count). The zero-order valence-electron chi connectivity index (χ0n) is 19.5. The van der Waals surface area contributed by atoms with Gasteiger partial charge in [-0.2, -0.15) is 0 Å². The molecule has 7 atom stereocenters. The number of nitrogens with zero attached hydrogens (tertiary/aromatic N) is 1. The lowest BCUT2D eigenvalue weighted by Gasteiger charge is -2.52. The molecule has 3 fully saturated rings. The third kappa shape index (κ3) is 4.23. The summed E-state index contributed by atoms with van der Waals surface area (Å²) in [6.07, 6.45) is 3.24. The summed E-state index contributed by atoms with van der Waals surface area (Å²) < 4.78 is 5.40. The second-order valence-electron chi connectivity index (χ2n) is 10.8. The van der Waals surface area contributed by atoms with Crippen LogP contribution in [0.5, 0.6) is 0 Å². The largest absolute Gasteiger partial charge is 0.390 e. The SMILES string of the molecule is CC1CC(O)C(O)CCC(=O)C=C2C1CCC1(C)C(C(=O)CN3CCOCC3)CCC21O. The monoisotopic (exact) mass is 449 g/mol. The van der Waals surface area contributed by atoms with E-state index in [4.69, 9.17) is 4.74 Å². The lowest BCUT2D eigenvalue weighted by molar-refractivity contribution is -0.135. The van der Waals surface area contributed by atoms with Gasteiger partial charge in [0.1, 0.15) is 0 Å². The summed E-state index contributed by atoms with van der Waals surface area (Å²) in [7, 11) is 0. The van der Waals surface area contributed by atoms with Crippen LogP contribution in [0.15, 0.2) is 11.6 Å². The van der Waals surface area contributed by atoms with Gasteiger partial charge in [-0.3, -0.25) is 14.5 Å². The number of Topliss-reactive ketones (excluding diaryl/α,β-unsaturated/α-hetero) is 1. The minimum Gasteiger partial charge on any atom is -0.390 e. The second-order valence-corrected chi connectivity index (χ2v) is 10.8. The molecule has 1 heterocycles. The molecule has 7 heteroatoms. The van der Waals surface area contributed by atoms with Gasteiger partial charge in [-0.05, 0) is 62.0 Å². The molecule has 3 aliphatic carbocycles. The summed E-state index contributed by atoms with van der Waals surface area (Å²) in [5, 5.41) is 32.7. The van der Waals surface area contributed by atoms with Gasteiger partial charge in [0.15, 0.2) is 11.6 Å². The Hall–Kier alpha value is -1.12. The number of aliphatic hydroxyl groups is 3. The minimum absolute atomic E-state index is 0.0217. The fourth-order valence-electron chi connectivity index (χ4n) is 6.87. The Balaban J connectivity index is 1.61. The van der Waals surface area contributed by atoms with E-state index < -0.39 is 23.2 Å². The second kappa shape index (κ2) is 9.26. The van der Waals surface area contributed by atoms with Gasteiger partial charge in [-0.15, -0.1) is 0 Å². The van der Waals surface area contributed by atoms with Gasteiger partial charge in [-0.25, -0.2) is 0 Å². The Morgan fingerprint density at radius 1 is 1.16 bits per heavy atom. The number of hydrogen-bond acceptors (Lipinski definition) is 7. The molecule has 0 spiro atoms. The Bertz CT molecular complexity index is 762. The highest BCUT2D eigenvalue weighted by Crippen LogP contribution is 2.62. The van der Waals surface area contributed by atoms with Gasteiger partial charge in [0.2, 0.25) is 0 Å². The number of ether oxygens (including phenoxy) is 1. The van der Waals surface area contributed by atoms with Crippen LogP contribution < -0.4 is 0 Å². The van der Waals surface area contributed by atoms with Crippen LogP contribution in [-0.2, 0) is 14.3 Å². The van der Waals surface area contributed by atoms with Crippen LogP contribution in [0.2, 0.25) is 0 Å². The van der Waals surface area contributed by atoms with Crippen molar-refractivity contribution in [2.24, 2.45) is 23.2 Å². The van der Waals surface area contributed by atoms with Gasteiger partial charge in [0, 0.05) is 30.8 Å². The maximum absolute atomic E-state index is 13.4. The van der Waals surface area contributed by atoms with E-state index in [1.165, 1.54) is 0 Å². The summed E-state index contributed by atoms with van der Waals surface area (Å²) in [6, 6.07) is 0. The summed E-state index contributed by atoms with van der Waals surface area (Å²) in [6.45, 7) is 7.26. The van der Waals surface area contributed by atoms with Gasteiger partial charge in [0.05, 0.1) is 37.6 Å². The van der Waals surface area contributed by atoms with E-state index in [2.05, 4.69) is 4.90 Å². The molecule has 7 nitrogen and oxygen atoms in total. The number of carbonyl (C=O) groups is 2. The number of carbonyl (C=O) groups excluding carboxylic acids is 2. The average molecular weight is 450 g/mol. The number of rotatable bonds is 3. The van der Waals surface area contributed by atoms with Crippen molar-refractivity contribution in [3.63, 3.8) is 0 Å². The van der Waals surface area contributed by atoms with E-state index in [0.29, 0.717) is 45.4 Å². The highest BCUT2D eigenvalue weighted by molar-refractivity contribution is 5.91. The molecule has 0 amide bonds. The first-order valence-corrected chi connectivity index (χ1v) is 12.3. The Labute approximate surface area is 190 Å². The third-order valence-electron chi connectivity index (χ3n) is 8.98. The van der Waals surface area contributed by atoms with Crippen LogP contribution >= 0.6 is 0 Å². The predicted octanol–water partition coefficient (Wildman–Crippen LogP) is 1.48. The molecule has 0 aromatic rings. The number of morpholine rings is 1. The first-order chi connectivity index (χ1) is 15.2. The van der Waals surface area contributed by atoms with Crippen LogP contribution in [0.1, 0.15) is 58.8 Å². The Morgan fingerprint density at radius 2 is 1.88 bits per heavy atom. The fraction of sp³-hybridized carbons (Fsp3) is 0.840. The molecule has 32 heavy (non-hydrogen) atoms. The number of hydrogen-bond donors (Lipinski definition) is 3. The van der Waals surface area contributed by atoms with E-state index in [1.807, 2.05) is 13.8 Å². The molecule has 0 radical (unpaired) electrons. The Kier molecular flexibility index (Phi) is 6.95. The first kappa shape index (κ1) is 24.0. The fourth-order valence-corrected chi connectivity index (χ4v) is 6.87. The zero-order valence-corrected chi connectivity index (χ0v) is 19.5. The summed E-state index contributed by atoms with van der Waals surface area (Å²) >= 11 is 0. The maximum atomic E-state index is 13.4. The standard InChI is InChI=1S/C25H39NO6/c1-16-13-22(29)21(28)4-3-17(27)14-20-18(16)5-7-24(2)19(6-8-25(20,24)31)23(30)15-26-9-11-32-12-10-26/h14,16,18-19,21-22,28-29,31H,3-13,15H2,1-2H3. The molecular formula is C25H39NO6. The number of fused-ring (bicyclic) bond motifs is 3. The Morgan fingerprint density at radius 3 is 2.59 bits per heavy atom. The normalized spacial score (nSPS) is 43.8. The van der Waals surface area contributed by atoms with Crippen molar-refractivity contribution in [2.75, 3.05) is 32.8 Å². The maximum Gasteiger partial charge on any atom is 0.155 e. The smallest absolute Gasteiger partial charge is 0.155 e. The summed E-state index contributed by atoms with van der Waals surface area (Å²) in [5.74, 6) is -0.183. The highest BCUT2D eigenvalue weighted by Gasteiger charge is 2.63. The number of ketones is 2. The molecule has 4 aliphatic rings. The van der Waals surface area contributed by atoms with Gasteiger partial charge >= 0.3 is 0 Å². The zero-order chi connectivity index (χ0) is 23.1. The molecular weight excluding hydrogens is 410 g/mol. The van der Waals surface area contributed by atoms with Crippen LogP contribution in [0.4, 0.5) is 0 Å². The quantitative estimate of drug-likeness (QED) is 0.599. The predicted molar refractivity (Wildman–Crippen MR) is 119 cm³/mol. The van der Waals surface area contributed by atoms with Gasteiger partial charge < -0.3 is 20.1 Å². The van der Waals surface area contributed by atoms with Crippen LogP contribution in [-0.4, -0.2) is 82.4 Å². The van der Waals surface area contributed by atoms with Gasteiger partial charge in [0.25, 0.3) is 0 Å². The van der Waals surface area contributed by atoms with E-state index >= 15 is 0 Å². The number of allylic oxidation sites excluding steroid dienone is 1. The molecule has 2 saturated carbocycles. The average Bonchev–Trinajstić information content (AvgIpc) is 3.04. The van der Waals surface area contributed by atoms with E-state index in [0.717, 1.165) is 25.1 Å². The molecule has 0 aromatic heterocycles. The van der Waals surface area contributed by atoms with E-state index in [-0.39, 0.29) is 42.2 Å². The molecule has 0 aromatic carbocycles.